The molecule has 0 bridgehead atoms. The maximum atomic E-state index is 4.28. The highest BCUT2D eigenvalue weighted by Crippen LogP contribution is 2.12. The van der Waals surface area contributed by atoms with Gasteiger partial charge in [-0.2, -0.15) is 0 Å². The molecule has 1 aromatic heterocycles. The summed E-state index contributed by atoms with van der Waals surface area (Å²) in [4.78, 5) is 8.55. The van der Waals surface area contributed by atoms with Gasteiger partial charge >= 0.3 is 0 Å². The molecule has 0 saturated heterocycles. The highest BCUT2D eigenvalue weighted by molar-refractivity contribution is 5.47. The van der Waals surface area contributed by atoms with Crippen molar-refractivity contribution in [2.24, 2.45) is 0 Å². The molecule has 0 spiro atoms. The molecule has 2 aromatic carbocycles. The number of anilines is 2. The van der Waals surface area contributed by atoms with E-state index in [0.29, 0.717) is 0 Å². The van der Waals surface area contributed by atoms with Crippen LogP contribution in [0.2, 0.25) is 0 Å². The third-order valence-electron chi connectivity index (χ3n) is 3.86. The zero-order valence-electron chi connectivity index (χ0n) is 14.1. The van der Waals surface area contributed by atoms with Gasteiger partial charge in [-0.3, -0.25) is 0 Å². The van der Waals surface area contributed by atoms with Gasteiger partial charge < -0.3 is 10.6 Å². The lowest BCUT2D eigenvalue weighted by molar-refractivity contribution is 1.05. The van der Waals surface area contributed by atoms with Crippen LogP contribution in [0.15, 0.2) is 60.9 Å². The van der Waals surface area contributed by atoms with Crippen LogP contribution in [-0.2, 0) is 13.1 Å². The van der Waals surface area contributed by atoms with Gasteiger partial charge in [-0.05, 0) is 25.0 Å². The van der Waals surface area contributed by atoms with E-state index in [1.54, 1.807) is 6.33 Å². The minimum atomic E-state index is 0.745. The van der Waals surface area contributed by atoms with E-state index < -0.39 is 0 Å². The van der Waals surface area contributed by atoms with Crippen LogP contribution in [0.5, 0.6) is 0 Å². The zero-order chi connectivity index (χ0) is 16.8. The Labute approximate surface area is 143 Å². The average Bonchev–Trinajstić information content (AvgIpc) is 2.61. The summed E-state index contributed by atoms with van der Waals surface area (Å²) in [6.07, 6.45) is 1.58. The number of hydrogen-bond acceptors (Lipinski definition) is 4. The van der Waals surface area contributed by atoms with Crippen LogP contribution in [0, 0.1) is 13.8 Å². The largest absolute Gasteiger partial charge is 0.366 e. The van der Waals surface area contributed by atoms with Gasteiger partial charge in [0.15, 0.2) is 0 Å². The Kier molecular flexibility index (Phi) is 5.06. The molecule has 24 heavy (non-hydrogen) atoms. The number of nitrogens with one attached hydrogen (secondary N) is 2. The Morgan fingerprint density at radius 3 is 1.50 bits per heavy atom. The Hall–Kier alpha value is -2.88. The van der Waals surface area contributed by atoms with Crippen LogP contribution in [0.4, 0.5) is 11.6 Å². The minimum absolute atomic E-state index is 0.745. The molecule has 0 atom stereocenters. The monoisotopic (exact) mass is 318 g/mol. The molecule has 0 aliphatic rings. The first-order valence-electron chi connectivity index (χ1n) is 8.10. The highest BCUT2D eigenvalue weighted by Gasteiger charge is 2.00. The summed E-state index contributed by atoms with van der Waals surface area (Å²) in [5.41, 5.74) is 4.99. The lowest BCUT2D eigenvalue weighted by Crippen LogP contribution is -2.05. The molecule has 0 saturated carbocycles. The number of rotatable bonds is 6. The number of aryl methyl sites for hydroxylation is 2. The van der Waals surface area contributed by atoms with Gasteiger partial charge in [0.25, 0.3) is 0 Å². The SMILES string of the molecule is Cc1ccc(CNc2cc(NCc3ccc(C)cc3)ncn2)cc1. The van der Waals surface area contributed by atoms with Crippen LogP contribution >= 0.6 is 0 Å². The minimum Gasteiger partial charge on any atom is -0.366 e. The molecule has 0 radical (unpaired) electrons. The van der Waals surface area contributed by atoms with Crippen molar-refractivity contribution in [2.75, 3.05) is 10.6 Å². The van der Waals surface area contributed by atoms with Gasteiger partial charge in [0.2, 0.25) is 0 Å². The topological polar surface area (TPSA) is 49.8 Å². The summed E-state index contributed by atoms with van der Waals surface area (Å²) in [6, 6.07) is 18.9. The highest BCUT2D eigenvalue weighted by atomic mass is 15.1. The fraction of sp³-hybridized carbons (Fsp3) is 0.200. The van der Waals surface area contributed by atoms with E-state index in [2.05, 4.69) is 83.0 Å². The number of hydrogen-bond donors (Lipinski definition) is 2. The van der Waals surface area contributed by atoms with Crippen molar-refractivity contribution < 1.29 is 0 Å². The fourth-order valence-corrected chi connectivity index (χ4v) is 2.35. The summed E-state index contributed by atoms with van der Waals surface area (Å²) in [5, 5.41) is 6.67. The molecule has 0 fully saturated rings. The summed E-state index contributed by atoms with van der Waals surface area (Å²) >= 11 is 0. The fourth-order valence-electron chi connectivity index (χ4n) is 2.35. The normalized spacial score (nSPS) is 10.4. The summed E-state index contributed by atoms with van der Waals surface area (Å²) < 4.78 is 0. The average molecular weight is 318 g/mol. The Bertz CT molecular complexity index is 715. The molecule has 1 heterocycles. The second kappa shape index (κ2) is 7.59. The molecule has 0 amide bonds. The molecule has 0 aliphatic carbocycles. The van der Waals surface area contributed by atoms with E-state index in [0.717, 1.165) is 24.7 Å². The van der Waals surface area contributed by atoms with Gasteiger partial charge in [-0.1, -0.05) is 59.7 Å². The first-order chi connectivity index (χ1) is 11.7. The first-order valence-corrected chi connectivity index (χ1v) is 8.10. The van der Waals surface area contributed by atoms with E-state index in [9.17, 15) is 0 Å². The summed E-state index contributed by atoms with van der Waals surface area (Å²) in [5.74, 6) is 1.63. The Morgan fingerprint density at radius 2 is 1.08 bits per heavy atom. The lowest BCUT2D eigenvalue weighted by atomic mass is 10.1. The Morgan fingerprint density at radius 1 is 0.667 bits per heavy atom. The van der Waals surface area contributed by atoms with Crippen molar-refractivity contribution >= 4 is 11.6 Å². The third kappa shape index (κ3) is 4.56. The van der Waals surface area contributed by atoms with E-state index >= 15 is 0 Å². The van der Waals surface area contributed by atoms with Crippen molar-refractivity contribution in [1.29, 1.82) is 0 Å². The number of aromatic nitrogens is 2. The number of benzene rings is 2. The predicted octanol–water partition coefficient (Wildman–Crippen LogP) is 4.32. The van der Waals surface area contributed by atoms with Crippen LogP contribution in [-0.4, -0.2) is 9.97 Å². The van der Waals surface area contributed by atoms with Gasteiger partial charge in [0, 0.05) is 19.2 Å². The van der Waals surface area contributed by atoms with E-state index in [-0.39, 0.29) is 0 Å². The van der Waals surface area contributed by atoms with Gasteiger partial charge in [-0.15, -0.1) is 0 Å². The molecule has 4 nitrogen and oxygen atoms in total. The molecule has 0 unspecified atom stereocenters. The van der Waals surface area contributed by atoms with Gasteiger partial charge in [0.1, 0.15) is 18.0 Å². The number of nitrogens with zero attached hydrogens (tertiary/aromatic N) is 2. The van der Waals surface area contributed by atoms with E-state index in [1.807, 2.05) is 6.07 Å². The van der Waals surface area contributed by atoms with Crippen LogP contribution in [0.25, 0.3) is 0 Å². The van der Waals surface area contributed by atoms with Crippen molar-refractivity contribution in [3.63, 3.8) is 0 Å². The molecular formula is C20H22N4. The molecule has 4 heteroatoms. The zero-order valence-corrected chi connectivity index (χ0v) is 14.1. The maximum Gasteiger partial charge on any atom is 0.131 e. The molecule has 3 aromatic rings. The van der Waals surface area contributed by atoms with E-state index in [1.165, 1.54) is 22.3 Å². The molecule has 3 rings (SSSR count). The lowest BCUT2D eigenvalue weighted by Gasteiger charge is -2.09. The van der Waals surface area contributed by atoms with E-state index in [4.69, 9.17) is 0 Å². The molecule has 0 aliphatic heterocycles. The third-order valence-corrected chi connectivity index (χ3v) is 3.86. The van der Waals surface area contributed by atoms with Crippen molar-refractivity contribution in [2.45, 2.75) is 26.9 Å². The molecular weight excluding hydrogens is 296 g/mol. The maximum absolute atomic E-state index is 4.28. The van der Waals surface area contributed by atoms with Crippen LogP contribution in [0.1, 0.15) is 22.3 Å². The van der Waals surface area contributed by atoms with Gasteiger partial charge in [0.05, 0.1) is 0 Å². The Balaban J connectivity index is 1.57. The van der Waals surface area contributed by atoms with Crippen molar-refractivity contribution in [3.05, 3.63) is 83.2 Å². The van der Waals surface area contributed by atoms with Crippen molar-refractivity contribution in [3.8, 4) is 0 Å². The van der Waals surface area contributed by atoms with Crippen molar-refractivity contribution in [1.82, 2.24) is 9.97 Å². The molecule has 2 N–H and O–H groups in total. The first kappa shape index (κ1) is 16.0. The van der Waals surface area contributed by atoms with Crippen LogP contribution in [0.3, 0.4) is 0 Å². The summed E-state index contributed by atoms with van der Waals surface area (Å²) in [7, 11) is 0. The summed E-state index contributed by atoms with van der Waals surface area (Å²) in [6.45, 7) is 5.67. The van der Waals surface area contributed by atoms with Gasteiger partial charge in [-0.25, -0.2) is 9.97 Å². The smallest absolute Gasteiger partial charge is 0.131 e. The predicted molar refractivity (Wildman–Crippen MR) is 99.0 cm³/mol. The molecule has 122 valence electrons. The quantitative estimate of drug-likeness (QED) is 0.711. The second-order valence-electron chi connectivity index (χ2n) is 5.97. The standard InChI is InChI=1S/C20H22N4/c1-15-3-7-17(8-4-15)12-21-19-11-20(24-14-23-19)22-13-18-9-5-16(2)6-10-18/h3-11,14H,12-13H2,1-2H3,(H2,21,22,23,24). The van der Waals surface area contributed by atoms with Crippen LogP contribution < -0.4 is 10.6 Å². The second-order valence-corrected chi connectivity index (χ2v) is 5.97.